The van der Waals surface area contributed by atoms with Crippen molar-refractivity contribution in [2.24, 2.45) is 5.10 Å². The van der Waals surface area contributed by atoms with Gasteiger partial charge in [-0.1, -0.05) is 23.7 Å². The van der Waals surface area contributed by atoms with Crippen LogP contribution in [0.4, 0.5) is 0 Å². The zero-order chi connectivity index (χ0) is 18.4. The Balaban J connectivity index is 1.60. The summed E-state index contributed by atoms with van der Waals surface area (Å²) in [6, 6.07) is 16.3. The van der Waals surface area contributed by atoms with E-state index in [1.165, 1.54) is 0 Å². The minimum Gasteiger partial charge on any atom is -0.494 e. The van der Waals surface area contributed by atoms with Gasteiger partial charge in [-0.25, -0.2) is 5.43 Å². The number of carbonyl (C=O) groups is 1. The largest absolute Gasteiger partial charge is 0.494 e. The SMILES string of the molecule is CCOc1ccc(C=NNC(=O)c2cc(-c3ccc(Cl)cc3)n[nH]2)cc1. The summed E-state index contributed by atoms with van der Waals surface area (Å²) in [7, 11) is 0. The predicted octanol–water partition coefficient (Wildman–Crippen LogP) is 3.89. The molecule has 7 heteroatoms. The maximum absolute atomic E-state index is 12.1. The molecule has 0 fully saturated rings. The van der Waals surface area contributed by atoms with E-state index in [9.17, 15) is 4.79 Å². The van der Waals surface area contributed by atoms with Crippen LogP contribution in [0.15, 0.2) is 59.7 Å². The Morgan fingerprint density at radius 2 is 1.96 bits per heavy atom. The highest BCUT2D eigenvalue weighted by molar-refractivity contribution is 6.30. The van der Waals surface area contributed by atoms with Gasteiger partial charge in [0, 0.05) is 10.6 Å². The number of nitrogens with zero attached hydrogens (tertiary/aromatic N) is 2. The summed E-state index contributed by atoms with van der Waals surface area (Å²) in [6.45, 7) is 2.55. The van der Waals surface area contributed by atoms with Crippen LogP contribution in [0.25, 0.3) is 11.3 Å². The van der Waals surface area contributed by atoms with Gasteiger partial charge in [-0.3, -0.25) is 9.89 Å². The van der Waals surface area contributed by atoms with Gasteiger partial charge in [0.2, 0.25) is 0 Å². The van der Waals surface area contributed by atoms with Crippen molar-refractivity contribution < 1.29 is 9.53 Å². The highest BCUT2D eigenvalue weighted by Crippen LogP contribution is 2.20. The van der Waals surface area contributed by atoms with E-state index in [-0.39, 0.29) is 5.91 Å². The van der Waals surface area contributed by atoms with Crippen LogP contribution < -0.4 is 10.2 Å². The van der Waals surface area contributed by atoms with Gasteiger partial charge in [-0.2, -0.15) is 10.2 Å². The standard InChI is InChI=1S/C19H17ClN4O2/c1-2-26-16-9-3-13(4-10-16)12-21-24-19(25)18-11-17(22-23-18)14-5-7-15(20)8-6-14/h3-12H,2H2,1H3,(H,22,23)(H,24,25). The number of H-pyrrole nitrogens is 1. The first kappa shape index (κ1) is 17.7. The first-order chi connectivity index (χ1) is 12.7. The van der Waals surface area contributed by atoms with Gasteiger partial charge in [-0.15, -0.1) is 0 Å². The number of benzene rings is 2. The summed E-state index contributed by atoms with van der Waals surface area (Å²) in [5.41, 5.74) is 5.15. The molecule has 0 radical (unpaired) electrons. The van der Waals surface area contributed by atoms with Crippen LogP contribution in [0.3, 0.4) is 0 Å². The van der Waals surface area contributed by atoms with Crippen molar-refractivity contribution in [1.29, 1.82) is 0 Å². The molecule has 0 bridgehead atoms. The second-order valence-corrected chi connectivity index (χ2v) is 5.81. The third-order valence-electron chi connectivity index (χ3n) is 3.53. The third-order valence-corrected chi connectivity index (χ3v) is 3.79. The zero-order valence-corrected chi connectivity index (χ0v) is 14.8. The lowest BCUT2D eigenvalue weighted by atomic mass is 10.1. The highest BCUT2D eigenvalue weighted by Gasteiger charge is 2.10. The molecule has 0 atom stereocenters. The van der Waals surface area contributed by atoms with Crippen molar-refractivity contribution in [1.82, 2.24) is 15.6 Å². The molecule has 3 aromatic rings. The average Bonchev–Trinajstić information content (AvgIpc) is 3.14. The lowest BCUT2D eigenvalue weighted by Gasteiger charge is -2.02. The predicted molar refractivity (Wildman–Crippen MR) is 102 cm³/mol. The normalized spacial score (nSPS) is 10.8. The molecule has 0 aliphatic heterocycles. The van der Waals surface area contributed by atoms with Crippen LogP contribution in [0.2, 0.25) is 5.02 Å². The number of carbonyl (C=O) groups excluding carboxylic acids is 1. The van der Waals surface area contributed by atoms with Crippen molar-refractivity contribution in [3.05, 3.63) is 70.9 Å². The Bertz CT molecular complexity index is 902. The van der Waals surface area contributed by atoms with Crippen LogP contribution in [-0.4, -0.2) is 28.9 Å². The first-order valence-electron chi connectivity index (χ1n) is 8.03. The molecular formula is C19H17ClN4O2. The van der Waals surface area contributed by atoms with Gasteiger partial charge in [0.1, 0.15) is 11.4 Å². The molecule has 3 rings (SSSR count). The van der Waals surface area contributed by atoms with Gasteiger partial charge < -0.3 is 4.74 Å². The maximum Gasteiger partial charge on any atom is 0.289 e. The minimum atomic E-state index is -0.375. The summed E-state index contributed by atoms with van der Waals surface area (Å²) in [5.74, 6) is 0.417. The van der Waals surface area contributed by atoms with E-state index >= 15 is 0 Å². The van der Waals surface area contributed by atoms with Crippen LogP contribution in [-0.2, 0) is 0 Å². The van der Waals surface area contributed by atoms with Gasteiger partial charge in [0.05, 0.1) is 18.5 Å². The molecule has 1 amide bonds. The van der Waals surface area contributed by atoms with Gasteiger partial charge in [0.15, 0.2) is 0 Å². The van der Waals surface area contributed by atoms with Crippen LogP contribution >= 0.6 is 11.6 Å². The molecule has 2 N–H and O–H groups in total. The van der Waals surface area contributed by atoms with E-state index in [0.29, 0.717) is 23.0 Å². The molecule has 0 unspecified atom stereocenters. The maximum atomic E-state index is 12.1. The van der Waals surface area contributed by atoms with Crippen molar-refractivity contribution in [2.75, 3.05) is 6.61 Å². The molecule has 0 aliphatic carbocycles. The Hall–Kier alpha value is -3.12. The van der Waals surface area contributed by atoms with Crippen LogP contribution in [0.1, 0.15) is 23.0 Å². The van der Waals surface area contributed by atoms with Gasteiger partial charge >= 0.3 is 0 Å². The summed E-state index contributed by atoms with van der Waals surface area (Å²) in [5, 5.41) is 11.4. The number of hydrazone groups is 1. The number of nitrogens with one attached hydrogen (secondary N) is 2. The number of hydrogen-bond donors (Lipinski definition) is 2. The Morgan fingerprint density at radius 3 is 2.65 bits per heavy atom. The summed E-state index contributed by atoms with van der Waals surface area (Å²) >= 11 is 5.87. The Kier molecular flexibility index (Phi) is 5.66. The van der Waals surface area contributed by atoms with Gasteiger partial charge in [0.25, 0.3) is 5.91 Å². The fraction of sp³-hybridized carbons (Fsp3) is 0.105. The fourth-order valence-electron chi connectivity index (χ4n) is 2.25. The average molecular weight is 369 g/mol. The molecule has 0 spiro atoms. The molecular weight excluding hydrogens is 352 g/mol. The monoisotopic (exact) mass is 368 g/mol. The number of halogens is 1. The van der Waals surface area contributed by atoms with Crippen molar-refractivity contribution >= 4 is 23.7 Å². The van der Waals surface area contributed by atoms with Gasteiger partial charge in [-0.05, 0) is 55.0 Å². The molecule has 1 aromatic heterocycles. The Labute approximate surface area is 155 Å². The summed E-state index contributed by atoms with van der Waals surface area (Å²) in [6.07, 6.45) is 1.56. The van der Waals surface area contributed by atoms with E-state index in [0.717, 1.165) is 16.9 Å². The number of amides is 1. The zero-order valence-electron chi connectivity index (χ0n) is 14.1. The molecule has 0 saturated carbocycles. The molecule has 0 aliphatic rings. The summed E-state index contributed by atoms with van der Waals surface area (Å²) < 4.78 is 5.37. The second-order valence-electron chi connectivity index (χ2n) is 5.37. The quantitative estimate of drug-likeness (QED) is 0.511. The van der Waals surface area contributed by atoms with Crippen LogP contribution in [0, 0.1) is 0 Å². The van der Waals surface area contributed by atoms with Crippen molar-refractivity contribution in [3.8, 4) is 17.0 Å². The minimum absolute atomic E-state index is 0.318. The number of ether oxygens (including phenoxy) is 1. The van der Waals surface area contributed by atoms with Crippen LogP contribution in [0.5, 0.6) is 5.75 Å². The summed E-state index contributed by atoms with van der Waals surface area (Å²) in [4.78, 5) is 12.1. The first-order valence-corrected chi connectivity index (χ1v) is 8.41. The lowest BCUT2D eigenvalue weighted by Crippen LogP contribution is -2.17. The smallest absolute Gasteiger partial charge is 0.289 e. The van der Waals surface area contributed by atoms with Crippen molar-refractivity contribution in [3.63, 3.8) is 0 Å². The third kappa shape index (κ3) is 4.49. The molecule has 26 heavy (non-hydrogen) atoms. The number of hydrogen-bond acceptors (Lipinski definition) is 4. The van der Waals surface area contributed by atoms with Crippen molar-refractivity contribution in [2.45, 2.75) is 6.92 Å². The lowest BCUT2D eigenvalue weighted by molar-refractivity contribution is 0.0950. The number of aromatic amines is 1. The topological polar surface area (TPSA) is 79.4 Å². The highest BCUT2D eigenvalue weighted by atomic mass is 35.5. The second kappa shape index (κ2) is 8.31. The van der Waals surface area contributed by atoms with E-state index < -0.39 is 0 Å². The molecule has 1 heterocycles. The molecule has 2 aromatic carbocycles. The molecule has 6 nitrogen and oxygen atoms in total. The molecule has 0 saturated heterocycles. The fourth-order valence-corrected chi connectivity index (χ4v) is 2.38. The number of aromatic nitrogens is 2. The van der Waals surface area contributed by atoms with E-state index in [2.05, 4.69) is 20.7 Å². The van der Waals surface area contributed by atoms with E-state index in [1.54, 1.807) is 24.4 Å². The van der Waals surface area contributed by atoms with E-state index in [4.69, 9.17) is 16.3 Å². The molecule has 132 valence electrons. The Morgan fingerprint density at radius 1 is 1.23 bits per heavy atom. The number of rotatable bonds is 6. The van der Waals surface area contributed by atoms with E-state index in [1.807, 2.05) is 43.3 Å².